The second-order valence-corrected chi connectivity index (χ2v) is 12.0. The fraction of sp³-hybridized carbons (Fsp3) is 0.667. The Balaban J connectivity index is 1.82. The second kappa shape index (κ2) is 15.2. The van der Waals surface area contributed by atoms with Gasteiger partial charge in [0.1, 0.15) is 37.3 Å². The van der Waals surface area contributed by atoms with Crippen LogP contribution in [0.3, 0.4) is 0 Å². The van der Waals surface area contributed by atoms with Crippen molar-refractivity contribution in [2.24, 2.45) is 16.3 Å². The van der Waals surface area contributed by atoms with Gasteiger partial charge in [0, 0.05) is 12.8 Å². The molecule has 1 aliphatic carbocycles. The summed E-state index contributed by atoms with van der Waals surface area (Å²) in [6.45, 7) is 6.07. The van der Waals surface area contributed by atoms with Gasteiger partial charge in [-0.15, -0.1) is 0 Å². The number of aliphatic imine (C=N–C) groups is 1. The Bertz CT molecular complexity index is 1210. The summed E-state index contributed by atoms with van der Waals surface area (Å²) in [7, 11) is 0. The van der Waals surface area contributed by atoms with Crippen molar-refractivity contribution in [3.05, 3.63) is 23.5 Å². The van der Waals surface area contributed by atoms with Crippen LogP contribution in [0.2, 0.25) is 0 Å². The van der Waals surface area contributed by atoms with Gasteiger partial charge in [-0.25, -0.2) is 4.99 Å². The topological polar surface area (TPSA) is 196 Å². The molecule has 1 saturated heterocycles. The van der Waals surface area contributed by atoms with Crippen LogP contribution in [0.4, 0.5) is 0 Å². The molecule has 236 valence electrons. The third-order valence-electron chi connectivity index (χ3n) is 7.52. The van der Waals surface area contributed by atoms with Crippen molar-refractivity contribution >= 4 is 30.0 Å². The van der Waals surface area contributed by atoms with E-state index in [2.05, 4.69) is 15.3 Å². The minimum Gasteiger partial charge on any atom is -0.463 e. The Morgan fingerprint density at radius 1 is 1.26 bits per heavy atom. The van der Waals surface area contributed by atoms with Crippen molar-refractivity contribution in [3.63, 3.8) is 0 Å². The van der Waals surface area contributed by atoms with Gasteiger partial charge in [-0.3, -0.25) is 19.8 Å². The molecule has 1 amide bonds. The SMILES string of the molecule is CCCC(=O)NC(=NC=N)c1ccc([C@]2(C#N)O[C@H](COC(=O)CC3CCCCC3)[C@@H](OCOC(=O)C(C)(C)C)[C@H]2O)[nH]1. The average molecular weight is 602 g/mol. The van der Waals surface area contributed by atoms with Crippen LogP contribution in [0.25, 0.3) is 0 Å². The molecule has 43 heavy (non-hydrogen) atoms. The highest BCUT2D eigenvalue weighted by Gasteiger charge is 2.58. The van der Waals surface area contributed by atoms with Crippen molar-refractivity contribution in [2.75, 3.05) is 13.4 Å². The molecule has 4 N–H and O–H groups in total. The number of carbonyl (C=O) groups excluding carboxylic acids is 3. The third-order valence-corrected chi connectivity index (χ3v) is 7.52. The monoisotopic (exact) mass is 601 g/mol. The first-order valence-corrected chi connectivity index (χ1v) is 14.7. The maximum atomic E-state index is 12.7. The number of esters is 2. The van der Waals surface area contributed by atoms with E-state index in [1.165, 1.54) is 12.1 Å². The second-order valence-electron chi connectivity index (χ2n) is 12.0. The first-order valence-electron chi connectivity index (χ1n) is 14.7. The molecule has 0 unspecified atom stereocenters. The van der Waals surface area contributed by atoms with Crippen LogP contribution in [-0.2, 0) is 38.9 Å². The number of ether oxygens (including phenoxy) is 4. The minimum absolute atomic E-state index is 0.0513. The van der Waals surface area contributed by atoms with Crippen molar-refractivity contribution in [1.29, 1.82) is 10.7 Å². The molecule has 0 radical (unpaired) electrons. The molecule has 1 saturated carbocycles. The summed E-state index contributed by atoms with van der Waals surface area (Å²) in [5, 5.41) is 31.7. The quantitative estimate of drug-likeness (QED) is 0.120. The number of aliphatic hydroxyl groups is 1. The molecule has 2 aliphatic rings. The largest absolute Gasteiger partial charge is 0.463 e. The number of H-pyrrole nitrogens is 1. The van der Waals surface area contributed by atoms with Gasteiger partial charge in [-0.2, -0.15) is 5.26 Å². The van der Waals surface area contributed by atoms with Gasteiger partial charge >= 0.3 is 11.9 Å². The number of amidine groups is 1. The number of hydrogen-bond acceptors (Lipinski definition) is 10. The number of aromatic nitrogens is 1. The predicted molar refractivity (Wildman–Crippen MR) is 155 cm³/mol. The first kappa shape index (κ1) is 33.9. The number of amides is 1. The maximum absolute atomic E-state index is 12.7. The van der Waals surface area contributed by atoms with Gasteiger partial charge in [-0.05, 0) is 58.1 Å². The van der Waals surface area contributed by atoms with Crippen molar-refractivity contribution in [3.8, 4) is 6.07 Å². The fourth-order valence-corrected chi connectivity index (χ4v) is 5.16. The van der Waals surface area contributed by atoms with Crippen molar-refractivity contribution in [2.45, 2.75) is 103 Å². The molecule has 13 nitrogen and oxygen atoms in total. The zero-order valence-corrected chi connectivity index (χ0v) is 25.3. The normalized spacial score (nSPS) is 24.7. The summed E-state index contributed by atoms with van der Waals surface area (Å²) < 4.78 is 22.6. The highest BCUT2D eigenvalue weighted by molar-refractivity contribution is 6.09. The van der Waals surface area contributed by atoms with Crippen molar-refractivity contribution < 1.29 is 38.4 Å². The lowest BCUT2D eigenvalue weighted by molar-refractivity contribution is -0.178. The van der Waals surface area contributed by atoms with E-state index >= 15 is 0 Å². The molecule has 0 bridgehead atoms. The van der Waals surface area contributed by atoms with E-state index in [9.17, 15) is 24.8 Å². The van der Waals surface area contributed by atoms with Crippen LogP contribution in [0.15, 0.2) is 17.1 Å². The van der Waals surface area contributed by atoms with E-state index in [1.54, 1.807) is 20.8 Å². The Hall–Kier alpha value is -3.60. The molecule has 2 fully saturated rings. The van der Waals surface area contributed by atoms with Gasteiger partial charge < -0.3 is 34.4 Å². The van der Waals surface area contributed by atoms with Crippen LogP contribution in [0.1, 0.15) is 90.4 Å². The summed E-state index contributed by atoms with van der Waals surface area (Å²) in [5.41, 5.74) is -2.40. The Morgan fingerprint density at radius 3 is 2.60 bits per heavy atom. The minimum atomic E-state index is -2.00. The molecule has 1 aromatic heterocycles. The third kappa shape index (κ3) is 8.72. The number of nitriles is 1. The van der Waals surface area contributed by atoms with E-state index in [0.29, 0.717) is 6.42 Å². The van der Waals surface area contributed by atoms with Crippen LogP contribution < -0.4 is 5.32 Å². The first-order chi connectivity index (χ1) is 20.4. The van der Waals surface area contributed by atoms with Crippen LogP contribution in [-0.4, -0.2) is 71.8 Å². The molecular weight excluding hydrogens is 558 g/mol. The van der Waals surface area contributed by atoms with Crippen LogP contribution in [0, 0.1) is 28.1 Å². The summed E-state index contributed by atoms with van der Waals surface area (Å²) in [6.07, 6.45) is 3.25. The van der Waals surface area contributed by atoms with E-state index in [-0.39, 0.29) is 48.5 Å². The zero-order valence-electron chi connectivity index (χ0n) is 25.3. The highest BCUT2D eigenvalue weighted by Crippen LogP contribution is 2.41. The number of nitrogens with one attached hydrogen (secondary N) is 3. The molecular formula is C30H43N5O8. The van der Waals surface area contributed by atoms with Gasteiger partial charge in [0.05, 0.1) is 16.8 Å². The van der Waals surface area contributed by atoms with E-state index < -0.39 is 48.1 Å². The molecule has 4 atom stereocenters. The standard InChI is InChI=1S/C30H43N5O8/c1-5-9-23(36)35-27(33-17-32)20-12-13-22(34-20)30(16-31)26(38)25(41-18-42-28(39)29(2,3)4)21(43-30)15-40-24(37)14-19-10-7-6-8-11-19/h12-13,17,19,21,25-26,34,38H,5-11,14-15,18H2,1-4H3,(H2,32,33,35,36)/t21-,25-,26-,30+/m1/s1. The van der Waals surface area contributed by atoms with E-state index in [0.717, 1.165) is 38.4 Å². The Labute approximate surface area is 251 Å². The lowest BCUT2D eigenvalue weighted by Crippen LogP contribution is -2.42. The number of rotatable bonds is 12. The summed E-state index contributed by atoms with van der Waals surface area (Å²) in [5.74, 6) is -0.935. The number of carbonyl (C=O) groups is 3. The molecule has 0 aromatic carbocycles. The Morgan fingerprint density at radius 2 is 1.98 bits per heavy atom. The van der Waals surface area contributed by atoms with Crippen LogP contribution >= 0.6 is 0 Å². The van der Waals surface area contributed by atoms with Crippen LogP contribution in [0.5, 0.6) is 0 Å². The predicted octanol–water partition coefficient (Wildman–Crippen LogP) is 3.21. The van der Waals surface area contributed by atoms with Gasteiger partial charge in [-0.1, -0.05) is 26.2 Å². The molecule has 1 aliphatic heterocycles. The lowest BCUT2D eigenvalue weighted by atomic mass is 9.87. The van der Waals surface area contributed by atoms with E-state index in [1.807, 2.05) is 13.0 Å². The van der Waals surface area contributed by atoms with Gasteiger partial charge in [0.15, 0.2) is 12.6 Å². The zero-order chi connectivity index (χ0) is 31.6. The lowest BCUT2D eigenvalue weighted by Gasteiger charge is -2.24. The molecule has 1 aromatic rings. The molecule has 3 rings (SSSR count). The van der Waals surface area contributed by atoms with Gasteiger partial charge in [0.25, 0.3) is 0 Å². The summed E-state index contributed by atoms with van der Waals surface area (Å²) in [4.78, 5) is 44.0. The molecule has 13 heteroatoms. The smallest absolute Gasteiger partial charge is 0.313 e. The summed E-state index contributed by atoms with van der Waals surface area (Å²) in [6, 6.07) is 5.03. The fourth-order valence-electron chi connectivity index (χ4n) is 5.16. The van der Waals surface area contributed by atoms with Gasteiger partial charge in [0.2, 0.25) is 11.5 Å². The number of hydrogen-bond donors (Lipinski definition) is 4. The number of aliphatic hydroxyl groups excluding tert-OH is 1. The maximum Gasteiger partial charge on any atom is 0.313 e. The van der Waals surface area contributed by atoms with E-state index in [4.69, 9.17) is 24.4 Å². The highest BCUT2D eigenvalue weighted by atomic mass is 16.7. The molecule has 2 heterocycles. The number of aromatic amines is 1. The summed E-state index contributed by atoms with van der Waals surface area (Å²) >= 11 is 0. The Kier molecular flexibility index (Phi) is 12.0. The number of nitrogens with zero attached hydrogens (tertiary/aromatic N) is 2. The van der Waals surface area contributed by atoms with Crippen molar-refractivity contribution in [1.82, 2.24) is 10.3 Å². The molecule has 0 spiro atoms. The average Bonchev–Trinajstić information content (AvgIpc) is 3.56.